The molecule has 26 heavy (non-hydrogen) atoms. The minimum atomic E-state index is -2.26. The Morgan fingerprint density at radius 2 is 2.12 bits per heavy atom. The Morgan fingerprint density at radius 3 is 2.65 bits per heavy atom. The van der Waals surface area contributed by atoms with E-state index >= 15 is 4.39 Å². The second kappa shape index (κ2) is 8.37. The summed E-state index contributed by atoms with van der Waals surface area (Å²) in [5, 5.41) is 11.4. The van der Waals surface area contributed by atoms with Crippen LogP contribution in [-0.2, 0) is 9.53 Å². The largest absolute Gasteiger partial charge is 0.464 e. The van der Waals surface area contributed by atoms with E-state index < -0.39 is 16.6 Å². The molecule has 1 aliphatic carbocycles. The Bertz CT molecular complexity index is 666. The van der Waals surface area contributed by atoms with Crippen LogP contribution in [-0.4, -0.2) is 45.7 Å². The number of carbonyl (C=O) groups is 1. The summed E-state index contributed by atoms with van der Waals surface area (Å²) in [6, 6.07) is -0.112. The first-order valence-electron chi connectivity index (χ1n) is 8.93. The summed E-state index contributed by atoms with van der Waals surface area (Å²) in [5.74, 6) is -0.529. The summed E-state index contributed by atoms with van der Waals surface area (Å²) in [4.78, 5) is 32.7. The molecule has 144 valence electrons. The molecule has 0 N–H and O–H groups in total. The van der Waals surface area contributed by atoms with E-state index in [1.807, 2.05) is 0 Å². The average molecular weight is 368 g/mol. The summed E-state index contributed by atoms with van der Waals surface area (Å²) in [6.07, 6.45) is 4.47. The van der Waals surface area contributed by atoms with Crippen LogP contribution in [0.5, 0.6) is 0 Å². The number of hydrogen-bond acceptors (Lipinski definition) is 7. The molecule has 0 radical (unpaired) electrons. The van der Waals surface area contributed by atoms with Crippen molar-refractivity contribution in [1.29, 1.82) is 0 Å². The molecule has 1 saturated carbocycles. The molecule has 0 spiro atoms. The van der Waals surface area contributed by atoms with Gasteiger partial charge in [0.2, 0.25) is 11.5 Å². The number of anilines is 1. The highest BCUT2D eigenvalue weighted by Crippen LogP contribution is 2.35. The van der Waals surface area contributed by atoms with Crippen molar-refractivity contribution in [3.8, 4) is 0 Å². The normalized spacial score (nSPS) is 16.9. The molecule has 1 aromatic heterocycles. The Labute approximate surface area is 151 Å². The predicted octanol–water partition coefficient (Wildman–Crippen LogP) is 3.12. The summed E-state index contributed by atoms with van der Waals surface area (Å²) < 4.78 is 20.3. The quantitative estimate of drug-likeness (QED) is 0.395. The van der Waals surface area contributed by atoms with Gasteiger partial charge in [-0.2, -0.15) is 0 Å². The van der Waals surface area contributed by atoms with Gasteiger partial charge in [-0.25, -0.2) is 19.2 Å². The molecule has 0 saturated heterocycles. The third-order valence-electron chi connectivity index (χ3n) is 4.73. The molecule has 0 bridgehead atoms. The maximum absolute atomic E-state index is 15.4. The van der Waals surface area contributed by atoms with E-state index in [1.54, 1.807) is 25.7 Å². The summed E-state index contributed by atoms with van der Waals surface area (Å²) in [5.41, 5.74) is -2.55. The minimum absolute atomic E-state index is 0.0640. The van der Waals surface area contributed by atoms with Gasteiger partial charge in [-0.1, -0.05) is 19.8 Å². The first kappa shape index (κ1) is 20.0. The first-order valence-corrected chi connectivity index (χ1v) is 8.93. The van der Waals surface area contributed by atoms with Crippen LogP contribution < -0.4 is 4.90 Å². The van der Waals surface area contributed by atoms with Gasteiger partial charge in [0.15, 0.2) is 0 Å². The van der Waals surface area contributed by atoms with Gasteiger partial charge in [0.25, 0.3) is 0 Å². The van der Waals surface area contributed by atoms with E-state index in [1.165, 1.54) is 0 Å². The number of hydrogen-bond donors (Lipinski definition) is 0. The lowest BCUT2D eigenvalue weighted by Gasteiger charge is -2.34. The van der Waals surface area contributed by atoms with Crippen LogP contribution in [0, 0.1) is 17.0 Å². The Kier molecular flexibility index (Phi) is 6.44. The number of ether oxygens (including phenoxy) is 1. The van der Waals surface area contributed by atoms with Crippen molar-refractivity contribution in [2.24, 2.45) is 0 Å². The molecule has 0 aliphatic heterocycles. The van der Waals surface area contributed by atoms with Crippen LogP contribution in [0.2, 0.25) is 0 Å². The van der Waals surface area contributed by atoms with E-state index in [2.05, 4.69) is 9.97 Å². The Morgan fingerprint density at radius 1 is 1.46 bits per heavy atom. The summed E-state index contributed by atoms with van der Waals surface area (Å²) in [6.45, 7) is 4.53. The molecular formula is C17H25FN4O4. The smallest absolute Gasteiger partial charge is 0.345 e. The van der Waals surface area contributed by atoms with Crippen LogP contribution in [0.25, 0.3) is 0 Å². The standard InChI is InChI=1S/C17H25FN4O4/c1-4-17(18,16(23)26-5-2)11-21(13-8-6-7-9-13)15-14(22(24)25)10-19-12(3)20-15/h10,13H,4-9,11H2,1-3H3. The number of aryl methyl sites for hydroxylation is 1. The van der Waals surface area contributed by atoms with Crippen LogP contribution in [0.15, 0.2) is 6.20 Å². The Hall–Kier alpha value is -2.32. The average Bonchev–Trinajstić information content (AvgIpc) is 3.13. The maximum atomic E-state index is 15.4. The molecule has 1 aromatic rings. The van der Waals surface area contributed by atoms with Gasteiger partial charge >= 0.3 is 11.7 Å². The molecule has 8 nitrogen and oxygen atoms in total. The van der Waals surface area contributed by atoms with Crippen molar-refractivity contribution in [3.63, 3.8) is 0 Å². The first-order chi connectivity index (χ1) is 12.3. The fourth-order valence-corrected chi connectivity index (χ4v) is 3.24. The zero-order chi connectivity index (χ0) is 19.3. The van der Waals surface area contributed by atoms with Crippen molar-refractivity contribution in [2.75, 3.05) is 18.1 Å². The summed E-state index contributed by atoms with van der Waals surface area (Å²) in [7, 11) is 0. The fourth-order valence-electron chi connectivity index (χ4n) is 3.24. The second-order valence-corrected chi connectivity index (χ2v) is 6.49. The van der Waals surface area contributed by atoms with Crippen molar-refractivity contribution in [3.05, 3.63) is 22.1 Å². The van der Waals surface area contributed by atoms with E-state index in [4.69, 9.17) is 4.74 Å². The highest BCUT2D eigenvalue weighted by Gasteiger charge is 2.44. The fraction of sp³-hybridized carbons (Fsp3) is 0.706. The van der Waals surface area contributed by atoms with Crippen molar-refractivity contribution in [2.45, 2.75) is 64.6 Å². The summed E-state index contributed by atoms with van der Waals surface area (Å²) >= 11 is 0. The van der Waals surface area contributed by atoms with Crippen LogP contribution in [0.1, 0.15) is 51.8 Å². The zero-order valence-electron chi connectivity index (χ0n) is 15.4. The molecular weight excluding hydrogens is 343 g/mol. The minimum Gasteiger partial charge on any atom is -0.464 e. The number of halogens is 1. The van der Waals surface area contributed by atoms with Crippen LogP contribution in [0.3, 0.4) is 0 Å². The number of rotatable bonds is 8. The molecule has 1 unspecified atom stereocenters. The van der Waals surface area contributed by atoms with Gasteiger partial charge in [0, 0.05) is 6.04 Å². The van der Waals surface area contributed by atoms with E-state index in [0.29, 0.717) is 5.82 Å². The lowest BCUT2D eigenvalue weighted by atomic mass is 10.0. The van der Waals surface area contributed by atoms with Crippen molar-refractivity contribution >= 4 is 17.5 Å². The third kappa shape index (κ3) is 4.25. The molecule has 9 heteroatoms. The molecule has 1 atom stereocenters. The number of alkyl halides is 1. The van der Waals surface area contributed by atoms with Crippen molar-refractivity contribution in [1.82, 2.24) is 9.97 Å². The molecule has 0 amide bonds. The van der Waals surface area contributed by atoms with Crippen LogP contribution >= 0.6 is 0 Å². The van der Waals surface area contributed by atoms with Gasteiger partial charge in [0.05, 0.1) is 18.1 Å². The van der Waals surface area contributed by atoms with E-state index in [0.717, 1.165) is 31.9 Å². The number of nitro groups is 1. The molecule has 1 heterocycles. The van der Waals surface area contributed by atoms with E-state index in [-0.39, 0.29) is 37.1 Å². The van der Waals surface area contributed by atoms with Crippen LogP contribution in [0.4, 0.5) is 15.9 Å². The maximum Gasteiger partial charge on any atom is 0.345 e. The predicted molar refractivity (Wildman–Crippen MR) is 93.8 cm³/mol. The van der Waals surface area contributed by atoms with Gasteiger partial charge in [-0.3, -0.25) is 10.1 Å². The number of esters is 1. The lowest BCUT2D eigenvalue weighted by Crippen LogP contribution is -2.50. The molecule has 2 rings (SSSR count). The highest BCUT2D eigenvalue weighted by atomic mass is 19.1. The van der Waals surface area contributed by atoms with Gasteiger partial charge < -0.3 is 9.64 Å². The van der Waals surface area contributed by atoms with E-state index in [9.17, 15) is 14.9 Å². The van der Waals surface area contributed by atoms with Gasteiger partial charge in [-0.15, -0.1) is 0 Å². The molecule has 0 aromatic carbocycles. The molecule has 1 fully saturated rings. The third-order valence-corrected chi connectivity index (χ3v) is 4.73. The highest BCUT2D eigenvalue weighted by molar-refractivity contribution is 5.80. The second-order valence-electron chi connectivity index (χ2n) is 6.49. The number of nitrogens with zero attached hydrogens (tertiary/aromatic N) is 4. The SMILES string of the molecule is CCOC(=O)C(F)(CC)CN(c1nc(C)ncc1[N+](=O)[O-])C1CCCC1. The van der Waals surface area contributed by atoms with Crippen molar-refractivity contribution < 1.29 is 18.8 Å². The van der Waals surface area contributed by atoms with Gasteiger partial charge in [-0.05, 0) is 33.1 Å². The zero-order valence-corrected chi connectivity index (χ0v) is 15.4. The Balaban J connectivity index is 2.46. The number of carbonyl (C=O) groups excluding carboxylic acids is 1. The topological polar surface area (TPSA) is 98.5 Å². The monoisotopic (exact) mass is 368 g/mol. The van der Waals surface area contributed by atoms with Gasteiger partial charge in [0.1, 0.15) is 12.0 Å². The lowest BCUT2D eigenvalue weighted by molar-refractivity contribution is -0.384. The number of aromatic nitrogens is 2. The molecule has 1 aliphatic rings.